The van der Waals surface area contributed by atoms with E-state index >= 15 is 0 Å². The fourth-order valence-corrected chi connectivity index (χ4v) is 2.50. The number of aryl methyl sites for hydroxylation is 1. The Morgan fingerprint density at radius 1 is 1.33 bits per heavy atom. The molecular formula is C15H19N3O3. The van der Waals surface area contributed by atoms with Crippen LogP contribution >= 0.6 is 0 Å². The maximum atomic E-state index is 12.1. The predicted molar refractivity (Wildman–Crippen MR) is 78.1 cm³/mol. The molecule has 0 radical (unpaired) electrons. The molecule has 0 unspecified atom stereocenters. The number of phenolic OH excluding ortho intramolecular Hbond substituents is 1. The fourth-order valence-electron chi connectivity index (χ4n) is 2.50. The number of piperazine rings is 1. The van der Waals surface area contributed by atoms with Crippen molar-refractivity contribution in [1.29, 1.82) is 0 Å². The van der Waals surface area contributed by atoms with Crippen LogP contribution in [0.25, 0.3) is 11.1 Å². The van der Waals surface area contributed by atoms with E-state index in [0.717, 1.165) is 26.2 Å². The number of rotatable bonds is 3. The number of aromatic nitrogens is 1. The Hall–Kier alpha value is -2.08. The Balaban J connectivity index is 1.59. The maximum absolute atomic E-state index is 12.1. The second kappa shape index (κ2) is 5.73. The number of likely N-dealkylation sites (N-methyl/N-ethyl adjacent to an activating group) is 1. The summed E-state index contributed by atoms with van der Waals surface area (Å²) >= 11 is 0. The second-order valence-corrected chi connectivity index (χ2v) is 5.44. The number of amides is 1. The van der Waals surface area contributed by atoms with Crippen molar-refractivity contribution in [2.24, 2.45) is 0 Å². The van der Waals surface area contributed by atoms with Gasteiger partial charge in [0.2, 0.25) is 5.91 Å². The van der Waals surface area contributed by atoms with E-state index in [4.69, 9.17) is 4.42 Å². The van der Waals surface area contributed by atoms with Crippen molar-refractivity contribution in [3.05, 3.63) is 24.1 Å². The average molecular weight is 289 g/mol. The van der Waals surface area contributed by atoms with Gasteiger partial charge in [-0.1, -0.05) is 0 Å². The first-order valence-electron chi connectivity index (χ1n) is 7.16. The van der Waals surface area contributed by atoms with Crippen LogP contribution in [0.3, 0.4) is 0 Å². The molecule has 0 bridgehead atoms. The van der Waals surface area contributed by atoms with Crippen molar-refractivity contribution in [3.8, 4) is 5.75 Å². The quantitative estimate of drug-likeness (QED) is 0.920. The van der Waals surface area contributed by atoms with Crippen molar-refractivity contribution >= 4 is 17.0 Å². The van der Waals surface area contributed by atoms with E-state index in [1.165, 1.54) is 0 Å². The summed E-state index contributed by atoms with van der Waals surface area (Å²) in [5.41, 5.74) is 1.26. The molecule has 21 heavy (non-hydrogen) atoms. The zero-order chi connectivity index (χ0) is 14.8. The maximum Gasteiger partial charge on any atom is 0.223 e. The zero-order valence-corrected chi connectivity index (χ0v) is 12.1. The molecule has 1 fully saturated rings. The lowest BCUT2D eigenvalue weighted by molar-refractivity contribution is -0.132. The standard InChI is InChI=1S/C15H19N3O3/c1-17-6-8-18(9-7-17)15(20)5-4-14-16-12-10-11(19)2-3-13(12)21-14/h2-3,10,19H,4-9H2,1H3. The van der Waals surface area contributed by atoms with Crippen LogP contribution in [-0.2, 0) is 11.2 Å². The minimum absolute atomic E-state index is 0.146. The minimum atomic E-state index is 0.146. The molecule has 1 aromatic heterocycles. The lowest BCUT2D eigenvalue weighted by Crippen LogP contribution is -2.47. The summed E-state index contributed by atoms with van der Waals surface area (Å²) in [6.45, 7) is 3.43. The Morgan fingerprint density at radius 3 is 2.86 bits per heavy atom. The summed E-state index contributed by atoms with van der Waals surface area (Å²) in [5.74, 6) is 0.849. The predicted octanol–water partition coefficient (Wildman–Crippen LogP) is 1.24. The molecule has 1 N–H and O–H groups in total. The van der Waals surface area contributed by atoms with Gasteiger partial charge in [0.1, 0.15) is 11.3 Å². The molecule has 1 saturated heterocycles. The summed E-state index contributed by atoms with van der Waals surface area (Å²) in [4.78, 5) is 20.6. The highest BCUT2D eigenvalue weighted by molar-refractivity contribution is 5.77. The SMILES string of the molecule is CN1CCN(C(=O)CCc2nc3cc(O)ccc3o2)CC1. The van der Waals surface area contributed by atoms with Crippen LogP contribution in [-0.4, -0.2) is 59.0 Å². The van der Waals surface area contributed by atoms with Gasteiger partial charge >= 0.3 is 0 Å². The van der Waals surface area contributed by atoms with Crippen molar-refractivity contribution < 1.29 is 14.3 Å². The summed E-state index contributed by atoms with van der Waals surface area (Å²) < 4.78 is 5.58. The molecule has 2 heterocycles. The van der Waals surface area contributed by atoms with E-state index < -0.39 is 0 Å². The third kappa shape index (κ3) is 3.16. The van der Waals surface area contributed by atoms with Crippen LogP contribution < -0.4 is 0 Å². The highest BCUT2D eigenvalue weighted by Gasteiger charge is 2.19. The number of hydrogen-bond acceptors (Lipinski definition) is 5. The summed E-state index contributed by atoms with van der Waals surface area (Å²) in [6, 6.07) is 4.81. The van der Waals surface area contributed by atoms with Crippen LogP contribution in [0.15, 0.2) is 22.6 Å². The van der Waals surface area contributed by atoms with E-state index in [2.05, 4.69) is 16.9 Å². The van der Waals surface area contributed by atoms with Crippen LogP contribution in [0.2, 0.25) is 0 Å². The Labute approximate surface area is 123 Å². The van der Waals surface area contributed by atoms with Crippen molar-refractivity contribution in [1.82, 2.24) is 14.8 Å². The van der Waals surface area contributed by atoms with Crippen LogP contribution in [0.1, 0.15) is 12.3 Å². The summed E-state index contributed by atoms with van der Waals surface area (Å²) in [5, 5.41) is 9.40. The molecule has 1 amide bonds. The first-order valence-corrected chi connectivity index (χ1v) is 7.16. The van der Waals surface area contributed by atoms with Gasteiger partial charge in [0.15, 0.2) is 11.5 Å². The van der Waals surface area contributed by atoms with Gasteiger partial charge in [-0.25, -0.2) is 4.98 Å². The molecule has 0 atom stereocenters. The number of fused-ring (bicyclic) bond motifs is 1. The molecule has 0 spiro atoms. The number of hydrogen-bond donors (Lipinski definition) is 1. The Kier molecular flexibility index (Phi) is 3.79. The van der Waals surface area contributed by atoms with Crippen molar-refractivity contribution in [2.45, 2.75) is 12.8 Å². The van der Waals surface area contributed by atoms with Crippen molar-refractivity contribution in [3.63, 3.8) is 0 Å². The zero-order valence-electron chi connectivity index (χ0n) is 12.1. The van der Waals surface area contributed by atoms with Crippen LogP contribution in [0.4, 0.5) is 0 Å². The molecule has 112 valence electrons. The van der Waals surface area contributed by atoms with Gasteiger partial charge in [0, 0.05) is 45.1 Å². The highest BCUT2D eigenvalue weighted by atomic mass is 16.3. The van der Waals surface area contributed by atoms with E-state index in [0.29, 0.717) is 29.8 Å². The van der Waals surface area contributed by atoms with Crippen LogP contribution in [0.5, 0.6) is 5.75 Å². The monoisotopic (exact) mass is 289 g/mol. The molecule has 0 saturated carbocycles. The number of carbonyl (C=O) groups excluding carboxylic acids is 1. The van der Waals surface area contributed by atoms with E-state index in [1.807, 2.05) is 4.90 Å². The molecule has 0 aliphatic carbocycles. The third-order valence-electron chi connectivity index (χ3n) is 3.82. The molecule has 2 aromatic rings. The Bertz CT molecular complexity index is 645. The van der Waals surface area contributed by atoms with Gasteiger partial charge < -0.3 is 19.3 Å². The van der Waals surface area contributed by atoms with E-state index in [1.54, 1.807) is 18.2 Å². The molecule has 6 heteroatoms. The summed E-state index contributed by atoms with van der Waals surface area (Å²) in [6.07, 6.45) is 0.892. The van der Waals surface area contributed by atoms with Gasteiger partial charge in [0.05, 0.1) is 0 Å². The second-order valence-electron chi connectivity index (χ2n) is 5.44. The van der Waals surface area contributed by atoms with E-state index in [9.17, 15) is 9.90 Å². The average Bonchev–Trinajstić information content (AvgIpc) is 2.87. The molecule has 3 rings (SSSR count). The molecular weight excluding hydrogens is 270 g/mol. The first-order chi connectivity index (χ1) is 10.1. The lowest BCUT2D eigenvalue weighted by Gasteiger charge is -2.32. The normalized spacial score (nSPS) is 16.5. The Morgan fingerprint density at radius 2 is 2.10 bits per heavy atom. The van der Waals surface area contributed by atoms with E-state index in [-0.39, 0.29) is 11.7 Å². The van der Waals surface area contributed by atoms with Gasteiger partial charge in [0.25, 0.3) is 0 Å². The fraction of sp³-hybridized carbons (Fsp3) is 0.467. The van der Waals surface area contributed by atoms with Gasteiger partial charge in [-0.3, -0.25) is 4.79 Å². The molecule has 1 aromatic carbocycles. The number of phenols is 1. The smallest absolute Gasteiger partial charge is 0.223 e. The van der Waals surface area contributed by atoms with Gasteiger partial charge in [-0.2, -0.15) is 0 Å². The van der Waals surface area contributed by atoms with Crippen LogP contribution in [0, 0.1) is 0 Å². The topological polar surface area (TPSA) is 69.8 Å². The lowest BCUT2D eigenvalue weighted by atomic mass is 10.2. The first kappa shape index (κ1) is 13.9. The third-order valence-corrected chi connectivity index (χ3v) is 3.82. The number of benzene rings is 1. The van der Waals surface area contributed by atoms with Crippen molar-refractivity contribution in [2.75, 3.05) is 33.2 Å². The number of aromatic hydroxyl groups is 1. The number of nitrogens with zero attached hydrogens (tertiary/aromatic N) is 3. The minimum Gasteiger partial charge on any atom is -0.508 e. The van der Waals surface area contributed by atoms with Gasteiger partial charge in [-0.15, -0.1) is 0 Å². The number of carbonyl (C=O) groups is 1. The molecule has 1 aliphatic rings. The molecule has 1 aliphatic heterocycles. The summed E-state index contributed by atoms with van der Waals surface area (Å²) in [7, 11) is 2.07. The highest BCUT2D eigenvalue weighted by Crippen LogP contribution is 2.21. The van der Waals surface area contributed by atoms with Gasteiger partial charge in [-0.05, 0) is 19.2 Å². The molecule has 6 nitrogen and oxygen atoms in total. The number of oxazole rings is 1. The largest absolute Gasteiger partial charge is 0.508 e.